The van der Waals surface area contributed by atoms with Crippen LogP contribution in [0.3, 0.4) is 0 Å². The van der Waals surface area contributed by atoms with Gasteiger partial charge in [-0.05, 0) is 74.6 Å². The van der Waals surface area contributed by atoms with Gasteiger partial charge in [0, 0.05) is 37.3 Å². The number of halogens is 1. The maximum absolute atomic E-state index is 13.1. The molecule has 7 heteroatoms. The summed E-state index contributed by atoms with van der Waals surface area (Å²) in [5.74, 6) is -0.493. The Morgan fingerprint density at radius 1 is 1.06 bits per heavy atom. The molecule has 1 fully saturated rings. The van der Waals surface area contributed by atoms with Gasteiger partial charge in [0.05, 0.1) is 11.4 Å². The van der Waals surface area contributed by atoms with Crippen LogP contribution in [0.4, 0.5) is 4.39 Å². The fourth-order valence-corrected chi connectivity index (χ4v) is 4.21. The quantitative estimate of drug-likeness (QED) is 0.557. The third-order valence-electron chi connectivity index (χ3n) is 6.19. The lowest BCUT2D eigenvalue weighted by atomic mass is 9.95. The molecular weight excluding hydrogens is 419 g/mol. The average Bonchev–Trinajstić information content (AvgIpc) is 3.23. The number of benzene rings is 2. The summed E-state index contributed by atoms with van der Waals surface area (Å²) in [6.45, 7) is 3.69. The molecule has 1 aromatic heterocycles. The average molecular weight is 449 g/mol. The molecule has 2 aromatic carbocycles. The molecule has 0 atom stereocenters. The van der Waals surface area contributed by atoms with Gasteiger partial charge in [0.15, 0.2) is 0 Å². The van der Waals surface area contributed by atoms with E-state index in [1.807, 2.05) is 41.9 Å². The van der Waals surface area contributed by atoms with Gasteiger partial charge < -0.3 is 10.2 Å². The Balaban J connectivity index is 1.19. The summed E-state index contributed by atoms with van der Waals surface area (Å²) in [5, 5.41) is 7.65. The number of carbonyl (C=O) groups excluding carboxylic acids is 2. The van der Waals surface area contributed by atoms with Crippen molar-refractivity contribution in [3.05, 3.63) is 83.4 Å². The van der Waals surface area contributed by atoms with Crippen LogP contribution in [0.1, 0.15) is 40.9 Å². The zero-order valence-electron chi connectivity index (χ0n) is 18.8. The highest BCUT2D eigenvalue weighted by Crippen LogP contribution is 2.20. The highest BCUT2D eigenvalue weighted by atomic mass is 19.1. The smallest absolute Gasteiger partial charge is 0.253 e. The molecule has 1 aliphatic rings. The van der Waals surface area contributed by atoms with Crippen LogP contribution in [0.25, 0.3) is 5.69 Å². The van der Waals surface area contributed by atoms with Crippen molar-refractivity contribution < 1.29 is 14.0 Å². The molecule has 0 saturated carbocycles. The lowest BCUT2D eigenvalue weighted by Crippen LogP contribution is -2.43. The predicted octanol–water partition coefficient (Wildman–Crippen LogP) is 3.92. The molecule has 0 bridgehead atoms. The summed E-state index contributed by atoms with van der Waals surface area (Å²) < 4.78 is 15.0. The Labute approximate surface area is 193 Å². The molecule has 2 heterocycles. The lowest BCUT2D eigenvalue weighted by Gasteiger charge is -2.31. The minimum atomic E-state index is -0.359. The van der Waals surface area contributed by atoms with Crippen LogP contribution < -0.4 is 5.32 Å². The molecule has 1 N–H and O–H groups in total. The molecule has 0 radical (unpaired) electrons. The van der Waals surface area contributed by atoms with Gasteiger partial charge in [-0.1, -0.05) is 18.2 Å². The van der Waals surface area contributed by atoms with Crippen LogP contribution in [0, 0.1) is 18.7 Å². The van der Waals surface area contributed by atoms with E-state index < -0.39 is 0 Å². The summed E-state index contributed by atoms with van der Waals surface area (Å²) >= 11 is 0. The van der Waals surface area contributed by atoms with Crippen molar-refractivity contribution in [3.8, 4) is 5.69 Å². The number of aromatic nitrogens is 2. The number of para-hydroxylation sites is 1. The summed E-state index contributed by atoms with van der Waals surface area (Å²) in [7, 11) is 0. The largest absolute Gasteiger partial charge is 0.356 e. The van der Waals surface area contributed by atoms with Crippen LogP contribution in [-0.2, 0) is 11.2 Å². The molecule has 2 amide bonds. The first-order chi connectivity index (χ1) is 16.0. The van der Waals surface area contributed by atoms with E-state index in [9.17, 15) is 14.0 Å². The van der Waals surface area contributed by atoms with Crippen LogP contribution >= 0.6 is 0 Å². The van der Waals surface area contributed by atoms with Crippen LogP contribution in [0.15, 0.2) is 60.8 Å². The first kappa shape index (κ1) is 22.7. The van der Waals surface area contributed by atoms with Gasteiger partial charge in [0.1, 0.15) is 5.82 Å². The number of carbonyl (C=O) groups is 2. The van der Waals surface area contributed by atoms with E-state index in [-0.39, 0.29) is 23.5 Å². The molecule has 1 saturated heterocycles. The van der Waals surface area contributed by atoms with Crippen molar-refractivity contribution in [3.63, 3.8) is 0 Å². The molecule has 1 aliphatic heterocycles. The minimum Gasteiger partial charge on any atom is -0.356 e. The number of hydrogen-bond acceptors (Lipinski definition) is 3. The third-order valence-corrected chi connectivity index (χ3v) is 6.19. The number of amides is 2. The van der Waals surface area contributed by atoms with E-state index in [4.69, 9.17) is 0 Å². The molecule has 0 aliphatic carbocycles. The molecule has 4 rings (SSSR count). The maximum atomic E-state index is 13.1. The molecule has 172 valence electrons. The van der Waals surface area contributed by atoms with Gasteiger partial charge in [-0.15, -0.1) is 0 Å². The Bertz CT molecular complexity index is 1090. The summed E-state index contributed by atoms with van der Waals surface area (Å²) in [6, 6.07) is 15.6. The second-order valence-corrected chi connectivity index (χ2v) is 8.49. The van der Waals surface area contributed by atoms with Crippen molar-refractivity contribution in [1.82, 2.24) is 20.0 Å². The first-order valence-corrected chi connectivity index (χ1v) is 11.4. The van der Waals surface area contributed by atoms with Crippen molar-refractivity contribution in [2.75, 3.05) is 19.6 Å². The van der Waals surface area contributed by atoms with E-state index in [0.29, 0.717) is 38.0 Å². The van der Waals surface area contributed by atoms with Gasteiger partial charge >= 0.3 is 0 Å². The molecule has 0 unspecified atom stereocenters. The summed E-state index contributed by atoms with van der Waals surface area (Å²) in [6.07, 6.45) is 5.03. The van der Waals surface area contributed by atoms with Gasteiger partial charge in [0.25, 0.3) is 5.91 Å². The van der Waals surface area contributed by atoms with Gasteiger partial charge in [-0.2, -0.15) is 5.10 Å². The van der Waals surface area contributed by atoms with E-state index in [1.54, 1.807) is 4.90 Å². The van der Waals surface area contributed by atoms with Crippen molar-refractivity contribution in [2.24, 2.45) is 5.92 Å². The Morgan fingerprint density at radius 3 is 2.45 bits per heavy atom. The number of likely N-dealkylation sites (tertiary alicyclic amines) is 1. The Kier molecular flexibility index (Phi) is 7.17. The van der Waals surface area contributed by atoms with Gasteiger partial charge in [-0.3, -0.25) is 9.59 Å². The number of nitrogens with one attached hydrogen (secondary N) is 1. The van der Waals surface area contributed by atoms with Crippen LogP contribution in [0.5, 0.6) is 0 Å². The molecular formula is C26H29FN4O2. The lowest BCUT2D eigenvalue weighted by molar-refractivity contribution is -0.126. The van der Waals surface area contributed by atoms with Crippen molar-refractivity contribution in [1.29, 1.82) is 0 Å². The van der Waals surface area contributed by atoms with E-state index in [1.165, 1.54) is 29.8 Å². The molecule has 0 spiro atoms. The van der Waals surface area contributed by atoms with Gasteiger partial charge in [-0.25, -0.2) is 9.07 Å². The fourth-order valence-electron chi connectivity index (χ4n) is 4.21. The molecule has 33 heavy (non-hydrogen) atoms. The molecule has 6 nitrogen and oxygen atoms in total. The van der Waals surface area contributed by atoms with Crippen LogP contribution in [0.2, 0.25) is 0 Å². The Morgan fingerprint density at radius 2 is 1.76 bits per heavy atom. The predicted molar refractivity (Wildman–Crippen MR) is 125 cm³/mol. The first-order valence-electron chi connectivity index (χ1n) is 11.4. The number of hydrogen-bond donors (Lipinski definition) is 1. The van der Waals surface area contributed by atoms with E-state index >= 15 is 0 Å². The van der Waals surface area contributed by atoms with E-state index in [2.05, 4.69) is 16.6 Å². The van der Waals surface area contributed by atoms with Crippen molar-refractivity contribution in [2.45, 2.75) is 32.6 Å². The van der Waals surface area contributed by atoms with Crippen LogP contribution in [-0.4, -0.2) is 46.1 Å². The zero-order valence-corrected chi connectivity index (χ0v) is 18.8. The monoisotopic (exact) mass is 448 g/mol. The standard InChI is InChI=1S/C26H29FN4O2/c1-19-22(18-31(29-19)24-7-3-2-4-8-24)6-5-15-28-25(32)20-13-16-30(17-14-20)26(33)21-9-11-23(27)12-10-21/h2-4,7-12,18,20H,5-6,13-17H2,1H3,(H,28,32). The minimum absolute atomic E-state index is 0.0561. The summed E-state index contributed by atoms with van der Waals surface area (Å²) in [5.41, 5.74) is 3.69. The highest BCUT2D eigenvalue weighted by molar-refractivity contribution is 5.94. The molecule has 3 aromatic rings. The summed E-state index contributed by atoms with van der Waals surface area (Å²) in [4.78, 5) is 26.9. The maximum Gasteiger partial charge on any atom is 0.253 e. The number of rotatable bonds is 7. The SMILES string of the molecule is Cc1nn(-c2ccccc2)cc1CCCNC(=O)C1CCN(C(=O)c2ccc(F)cc2)CC1. The Hall–Kier alpha value is -3.48. The van der Waals surface area contributed by atoms with Crippen molar-refractivity contribution >= 4 is 11.8 Å². The number of piperidine rings is 1. The normalized spacial score (nSPS) is 14.3. The highest BCUT2D eigenvalue weighted by Gasteiger charge is 2.27. The second-order valence-electron chi connectivity index (χ2n) is 8.49. The fraction of sp³-hybridized carbons (Fsp3) is 0.346. The van der Waals surface area contributed by atoms with E-state index in [0.717, 1.165) is 24.2 Å². The second kappa shape index (κ2) is 10.4. The van der Waals surface area contributed by atoms with Gasteiger partial charge in [0.2, 0.25) is 5.91 Å². The zero-order chi connectivity index (χ0) is 23.2. The number of aryl methyl sites for hydroxylation is 2. The third kappa shape index (κ3) is 5.66. The number of nitrogens with zero attached hydrogens (tertiary/aromatic N) is 3. The topological polar surface area (TPSA) is 67.2 Å².